The van der Waals surface area contributed by atoms with Gasteiger partial charge in [-0.2, -0.15) is 0 Å². The van der Waals surface area contributed by atoms with Crippen molar-refractivity contribution in [3.05, 3.63) is 47.7 Å². The van der Waals surface area contributed by atoms with Crippen LogP contribution in [0.4, 0.5) is 0 Å². The van der Waals surface area contributed by atoms with Crippen LogP contribution in [0.5, 0.6) is 5.75 Å². The average molecular weight is 195 g/mol. The summed E-state index contributed by atoms with van der Waals surface area (Å²) in [6.45, 7) is 0. The molecule has 72 valence electrons. The first-order valence-corrected chi connectivity index (χ1v) is 4.81. The van der Waals surface area contributed by atoms with Crippen LogP contribution in [0.25, 0.3) is 16.8 Å². The summed E-state index contributed by atoms with van der Waals surface area (Å²) in [4.78, 5) is 4.15. The third-order valence-corrected chi connectivity index (χ3v) is 2.64. The lowest BCUT2D eigenvalue weighted by Gasteiger charge is -2.06. The lowest BCUT2D eigenvalue weighted by molar-refractivity contribution is 0.481. The average Bonchev–Trinajstić information content (AvgIpc) is 2.47. The van der Waals surface area contributed by atoms with Gasteiger partial charge in [-0.15, -0.1) is 0 Å². The fraction of sp³-hybridized carbons (Fsp3) is 0. The topological polar surface area (TPSA) is 32.6 Å². The van der Waals surface area contributed by atoms with Crippen LogP contribution >= 0.6 is 0 Å². The largest absolute Gasteiger partial charge is 0.507 e. The first-order valence-electron chi connectivity index (χ1n) is 4.81. The van der Waals surface area contributed by atoms with E-state index in [0.29, 0.717) is 5.75 Å². The predicted octanol–water partition coefficient (Wildman–Crippen LogP) is 2.95. The fourth-order valence-corrected chi connectivity index (χ4v) is 1.94. The standard InChI is InChI=1S/C13H9NO/c15-12-5-4-9-6-7-14-8-10-2-1-3-11(12)13(9)10/h1-8,15H. The van der Waals surface area contributed by atoms with E-state index in [2.05, 4.69) is 4.99 Å². The zero-order chi connectivity index (χ0) is 10.3. The van der Waals surface area contributed by atoms with E-state index in [4.69, 9.17) is 0 Å². The molecule has 1 heterocycles. The smallest absolute Gasteiger partial charge is 0.123 e. The summed E-state index contributed by atoms with van der Waals surface area (Å²) in [7, 11) is 0. The number of benzene rings is 2. The second kappa shape index (κ2) is 2.95. The van der Waals surface area contributed by atoms with E-state index >= 15 is 0 Å². The molecule has 0 saturated carbocycles. The monoisotopic (exact) mass is 195 g/mol. The Morgan fingerprint density at radius 3 is 2.87 bits per heavy atom. The molecule has 0 spiro atoms. The minimum absolute atomic E-state index is 0.319. The third-order valence-electron chi connectivity index (χ3n) is 2.64. The Morgan fingerprint density at radius 2 is 1.93 bits per heavy atom. The van der Waals surface area contributed by atoms with Gasteiger partial charge in [0.2, 0.25) is 0 Å². The van der Waals surface area contributed by atoms with Crippen molar-refractivity contribution in [2.75, 3.05) is 0 Å². The lowest BCUT2D eigenvalue weighted by atomic mass is 9.99. The second-order valence-electron chi connectivity index (χ2n) is 3.54. The molecule has 1 N–H and O–H groups in total. The molecule has 3 rings (SSSR count). The molecular weight excluding hydrogens is 186 g/mol. The SMILES string of the molecule is Oc1ccc2c3c(cccc13)C=NC=C2. The molecule has 0 fully saturated rings. The number of rotatable bonds is 0. The Balaban J connectivity index is 2.57. The number of phenolic OH excluding ortho intramolecular Hbond substituents is 1. The molecule has 0 radical (unpaired) electrons. The number of hydrogen-bond acceptors (Lipinski definition) is 2. The van der Waals surface area contributed by atoms with E-state index in [1.165, 1.54) is 0 Å². The predicted molar refractivity (Wildman–Crippen MR) is 62.2 cm³/mol. The Bertz CT molecular complexity index is 579. The summed E-state index contributed by atoms with van der Waals surface area (Å²) in [5.41, 5.74) is 2.14. The van der Waals surface area contributed by atoms with Crippen LogP contribution in [0.2, 0.25) is 0 Å². The van der Waals surface area contributed by atoms with Gasteiger partial charge in [-0.25, -0.2) is 0 Å². The van der Waals surface area contributed by atoms with E-state index in [0.717, 1.165) is 21.9 Å². The maximum atomic E-state index is 9.76. The Hall–Kier alpha value is -2.09. The molecule has 2 heteroatoms. The van der Waals surface area contributed by atoms with Crippen molar-refractivity contribution in [2.45, 2.75) is 0 Å². The molecule has 0 aliphatic carbocycles. The highest BCUT2D eigenvalue weighted by Gasteiger charge is 2.07. The highest BCUT2D eigenvalue weighted by atomic mass is 16.3. The van der Waals surface area contributed by atoms with E-state index in [-0.39, 0.29) is 0 Å². The van der Waals surface area contributed by atoms with Crippen molar-refractivity contribution in [3.8, 4) is 5.75 Å². The zero-order valence-electron chi connectivity index (χ0n) is 8.01. The highest BCUT2D eigenvalue weighted by molar-refractivity contribution is 6.07. The molecule has 2 nitrogen and oxygen atoms in total. The minimum atomic E-state index is 0.319. The molecule has 0 saturated heterocycles. The van der Waals surface area contributed by atoms with Crippen LogP contribution in [0.15, 0.2) is 41.5 Å². The summed E-state index contributed by atoms with van der Waals surface area (Å²) in [6, 6.07) is 9.48. The normalized spacial score (nSPS) is 13.1. The Morgan fingerprint density at radius 1 is 1.00 bits per heavy atom. The fourth-order valence-electron chi connectivity index (χ4n) is 1.94. The van der Waals surface area contributed by atoms with E-state index in [1.54, 1.807) is 12.3 Å². The number of aromatic hydroxyl groups is 1. The lowest BCUT2D eigenvalue weighted by Crippen LogP contribution is -1.86. The maximum Gasteiger partial charge on any atom is 0.123 e. The molecular formula is C13H9NO. The molecule has 2 aromatic carbocycles. The zero-order valence-corrected chi connectivity index (χ0v) is 8.01. The Labute approximate surface area is 87.2 Å². The molecule has 1 aliphatic rings. The summed E-state index contributed by atoms with van der Waals surface area (Å²) in [5.74, 6) is 0.319. The van der Waals surface area contributed by atoms with Crippen LogP contribution in [0.1, 0.15) is 11.1 Å². The number of phenols is 1. The van der Waals surface area contributed by atoms with Crippen LogP contribution in [0, 0.1) is 0 Å². The van der Waals surface area contributed by atoms with Gasteiger partial charge in [0.1, 0.15) is 5.75 Å². The van der Waals surface area contributed by atoms with Gasteiger partial charge in [0, 0.05) is 28.8 Å². The molecule has 0 unspecified atom stereocenters. The first-order chi connectivity index (χ1) is 7.36. The van der Waals surface area contributed by atoms with Gasteiger partial charge >= 0.3 is 0 Å². The molecule has 15 heavy (non-hydrogen) atoms. The van der Waals surface area contributed by atoms with Crippen LogP contribution in [-0.4, -0.2) is 11.3 Å². The quantitative estimate of drug-likeness (QED) is 0.688. The van der Waals surface area contributed by atoms with Crippen LogP contribution < -0.4 is 0 Å². The molecule has 0 bridgehead atoms. The maximum absolute atomic E-state index is 9.76. The van der Waals surface area contributed by atoms with Gasteiger partial charge in [0.25, 0.3) is 0 Å². The van der Waals surface area contributed by atoms with Crippen LogP contribution in [0.3, 0.4) is 0 Å². The van der Waals surface area contributed by atoms with Crippen molar-refractivity contribution in [3.63, 3.8) is 0 Å². The van der Waals surface area contributed by atoms with Gasteiger partial charge in [0.15, 0.2) is 0 Å². The van der Waals surface area contributed by atoms with Gasteiger partial charge in [-0.3, -0.25) is 4.99 Å². The first kappa shape index (κ1) is 8.24. The number of hydrogen-bond donors (Lipinski definition) is 1. The van der Waals surface area contributed by atoms with Crippen molar-refractivity contribution < 1.29 is 5.11 Å². The van der Waals surface area contributed by atoms with E-state index in [9.17, 15) is 5.11 Å². The third kappa shape index (κ3) is 1.15. The molecule has 0 amide bonds. The summed E-state index contributed by atoms with van der Waals surface area (Å²) < 4.78 is 0. The summed E-state index contributed by atoms with van der Waals surface area (Å²) in [6.07, 6.45) is 5.54. The molecule has 0 aromatic heterocycles. The van der Waals surface area contributed by atoms with E-state index in [1.807, 2.05) is 36.6 Å². The van der Waals surface area contributed by atoms with Gasteiger partial charge < -0.3 is 5.11 Å². The minimum Gasteiger partial charge on any atom is -0.507 e. The van der Waals surface area contributed by atoms with Crippen molar-refractivity contribution in [1.29, 1.82) is 0 Å². The molecule has 2 aromatic rings. The van der Waals surface area contributed by atoms with Gasteiger partial charge in [-0.05, 0) is 17.7 Å². The molecule has 0 atom stereocenters. The Kier molecular flexibility index (Phi) is 1.62. The van der Waals surface area contributed by atoms with E-state index < -0.39 is 0 Å². The second-order valence-corrected chi connectivity index (χ2v) is 3.54. The molecule has 1 aliphatic heterocycles. The van der Waals surface area contributed by atoms with Gasteiger partial charge in [0.05, 0.1) is 0 Å². The van der Waals surface area contributed by atoms with Gasteiger partial charge in [-0.1, -0.05) is 24.3 Å². The van der Waals surface area contributed by atoms with Crippen molar-refractivity contribution >= 4 is 23.1 Å². The highest BCUT2D eigenvalue weighted by Crippen LogP contribution is 2.31. The number of aliphatic imine (C=N–C) groups is 1. The van der Waals surface area contributed by atoms with Crippen LogP contribution in [-0.2, 0) is 0 Å². The summed E-state index contributed by atoms with van der Waals surface area (Å²) in [5, 5.41) is 11.7. The summed E-state index contributed by atoms with van der Waals surface area (Å²) >= 11 is 0. The van der Waals surface area contributed by atoms with Crippen molar-refractivity contribution in [1.82, 2.24) is 0 Å². The van der Waals surface area contributed by atoms with Crippen molar-refractivity contribution in [2.24, 2.45) is 4.99 Å². The number of nitrogens with zero attached hydrogens (tertiary/aromatic N) is 1.